The Morgan fingerprint density at radius 3 is 2.03 bits per heavy atom. The molecule has 0 bridgehead atoms. The van der Waals surface area contributed by atoms with Crippen LogP contribution in [0.25, 0.3) is 22.3 Å². The molecule has 0 unspecified atom stereocenters. The van der Waals surface area contributed by atoms with E-state index in [1.54, 1.807) is 0 Å². The van der Waals surface area contributed by atoms with Crippen molar-refractivity contribution < 1.29 is 0 Å². The zero-order valence-corrected chi connectivity index (χ0v) is 19.3. The van der Waals surface area contributed by atoms with Gasteiger partial charge in [0, 0.05) is 19.0 Å². The Morgan fingerprint density at radius 2 is 1.14 bits per heavy atom. The van der Waals surface area contributed by atoms with Gasteiger partial charge in [-0.2, -0.15) is 0 Å². The number of benzene rings is 4. The minimum Gasteiger partial charge on any atom is -0.308 e. The third kappa shape index (κ3) is 2.32. The van der Waals surface area contributed by atoms with E-state index in [2.05, 4.69) is 88.9 Å². The molecule has 0 N–H and O–H groups in total. The Bertz CT molecular complexity index is 1760. The highest BCUT2D eigenvalue weighted by molar-refractivity contribution is 5.93. The van der Waals surface area contributed by atoms with Crippen LogP contribution in [0.15, 0.2) is 85.2 Å². The second kappa shape index (κ2) is 6.28. The Balaban J connectivity index is 1.27. The summed E-state index contributed by atoms with van der Waals surface area (Å²) in [5.74, 6) is 0. The first-order chi connectivity index (χ1) is 17.3. The minimum absolute atomic E-state index is 0.978. The number of aromatic nitrogens is 1. The smallest absolute Gasteiger partial charge is 0.0680 e. The quantitative estimate of drug-likeness (QED) is 0.240. The average molecular weight is 447 g/mol. The van der Waals surface area contributed by atoms with Crippen molar-refractivity contribution in [3.8, 4) is 22.3 Å². The summed E-state index contributed by atoms with van der Waals surface area (Å²) in [6.07, 6.45) is 8.04. The summed E-state index contributed by atoms with van der Waals surface area (Å²) in [6.45, 7) is 0. The standard InChI is InChI=1S/C33H22N2/c1-2-7-27-19(4-1)10-23-13-24-14-25-15-26-12-22-6-3-5-21-11-20-8-9-34-18-32(20)35(33(21)22)31(26)17-30(25)29(24)16-28(23)27/h1-9,13,15-18H,10-12,14H2. The maximum absolute atomic E-state index is 4.52. The summed E-state index contributed by atoms with van der Waals surface area (Å²) in [5.41, 5.74) is 21.1. The van der Waals surface area contributed by atoms with Gasteiger partial charge in [0.05, 0.1) is 23.3 Å². The van der Waals surface area contributed by atoms with E-state index in [0.29, 0.717) is 0 Å². The molecule has 1 aromatic heterocycles. The van der Waals surface area contributed by atoms with Gasteiger partial charge < -0.3 is 4.90 Å². The normalized spacial score (nSPS) is 14.9. The summed E-state index contributed by atoms with van der Waals surface area (Å²) in [6, 6.07) is 27.8. The Kier molecular flexibility index (Phi) is 3.27. The molecular weight excluding hydrogens is 424 g/mol. The molecule has 4 aliphatic rings. The fraction of sp³-hybridized carbons (Fsp3) is 0.121. The largest absolute Gasteiger partial charge is 0.308 e. The van der Waals surface area contributed by atoms with Gasteiger partial charge in [-0.05, 0) is 97.8 Å². The lowest BCUT2D eigenvalue weighted by Crippen LogP contribution is -2.25. The molecule has 4 aromatic carbocycles. The first kappa shape index (κ1) is 18.2. The molecule has 0 saturated heterocycles. The molecule has 3 heterocycles. The van der Waals surface area contributed by atoms with Crippen molar-refractivity contribution in [3.63, 3.8) is 0 Å². The number of nitrogens with zero attached hydrogens (tertiary/aromatic N) is 2. The van der Waals surface area contributed by atoms with Crippen LogP contribution in [0, 0.1) is 0 Å². The van der Waals surface area contributed by atoms with E-state index in [1.165, 1.54) is 83.8 Å². The number of rotatable bonds is 0. The minimum atomic E-state index is 0.978. The molecule has 35 heavy (non-hydrogen) atoms. The van der Waals surface area contributed by atoms with Gasteiger partial charge in [-0.1, -0.05) is 54.6 Å². The zero-order chi connectivity index (χ0) is 22.7. The lowest BCUT2D eigenvalue weighted by atomic mass is 9.85. The molecule has 2 heteroatoms. The highest BCUT2D eigenvalue weighted by atomic mass is 15.2. The van der Waals surface area contributed by atoms with Gasteiger partial charge in [-0.3, -0.25) is 4.98 Å². The van der Waals surface area contributed by atoms with E-state index in [1.807, 2.05) is 6.20 Å². The highest BCUT2D eigenvalue weighted by Crippen LogP contribution is 2.53. The van der Waals surface area contributed by atoms with Gasteiger partial charge in [-0.15, -0.1) is 0 Å². The van der Waals surface area contributed by atoms with Gasteiger partial charge >= 0.3 is 0 Å². The van der Waals surface area contributed by atoms with E-state index in [-0.39, 0.29) is 0 Å². The molecule has 0 fully saturated rings. The summed E-state index contributed by atoms with van der Waals surface area (Å²) in [4.78, 5) is 7.02. The van der Waals surface area contributed by atoms with Crippen LogP contribution in [0.5, 0.6) is 0 Å². The van der Waals surface area contributed by atoms with Crippen molar-refractivity contribution in [1.29, 1.82) is 0 Å². The number of anilines is 3. The highest BCUT2D eigenvalue weighted by Gasteiger charge is 2.34. The number of hydrogen-bond acceptors (Lipinski definition) is 2. The fourth-order valence-electron chi connectivity index (χ4n) is 7.03. The van der Waals surface area contributed by atoms with Crippen LogP contribution in [0.4, 0.5) is 17.1 Å². The van der Waals surface area contributed by atoms with Crippen molar-refractivity contribution in [2.75, 3.05) is 4.90 Å². The van der Waals surface area contributed by atoms with Crippen LogP contribution in [0.1, 0.15) is 44.5 Å². The third-order valence-electron chi connectivity index (χ3n) is 8.55. The number of pyridine rings is 1. The lowest BCUT2D eigenvalue weighted by Gasteiger charge is -2.39. The molecule has 0 atom stereocenters. The van der Waals surface area contributed by atoms with Crippen molar-refractivity contribution >= 4 is 17.1 Å². The van der Waals surface area contributed by atoms with Gasteiger partial charge in [0.15, 0.2) is 0 Å². The first-order valence-electron chi connectivity index (χ1n) is 12.6. The van der Waals surface area contributed by atoms with Crippen LogP contribution in [-0.4, -0.2) is 4.98 Å². The van der Waals surface area contributed by atoms with Gasteiger partial charge in [-0.25, -0.2) is 0 Å². The summed E-state index contributed by atoms with van der Waals surface area (Å²) < 4.78 is 0. The van der Waals surface area contributed by atoms with E-state index in [9.17, 15) is 0 Å². The van der Waals surface area contributed by atoms with Crippen molar-refractivity contribution in [3.05, 3.63) is 130 Å². The molecule has 0 amide bonds. The van der Waals surface area contributed by atoms with E-state index >= 15 is 0 Å². The lowest BCUT2D eigenvalue weighted by molar-refractivity contribution is 0.999. The number of fused-ring (bicyclic) bond motifs is 10. The Labute approximate surface area is 204 Å². The van der Waals surface area contributed by atoms with Gasteiger partial charge in [0.25, 0.3) is 0 Å². The molecule has 0 saturated carbocycles. The Hall–Kier alpha value is -4.17. The molecule has 164 valence electrons. The van der Waals surface area contributed by atoms with E-state index in [0.717, 1.165) is 25.7 Å². The Morgan fingerprint density at radius 1 is 0.486 bits per heavy atom. The van der Waals surface area contributed by atoms with E-state index < -0.39 is 0 Å². The maximum atomic E-state index is 4.52. The molecule has 5 aromatic rings. The second-order valence-electron chi connectivity index (χ2n) is 10.4. The fourth-order valence-corrected chi connectivity index (χ4v) is 7.03. The van der Waals surface area contributed by atoms with Crippen molar-refractivity contribution in [2.45, 2.75) is 25.7 Å². The molecule has 2 nitrogen and oxygen atoms in total. The van der Waals surface area contributed by atoms with Crippen LogP contribution >= 0.6 is 0 Å². The second-order valence-corrected chi connectivity index (χ2v) is 10.4. The molecular formula is C33H22N2. The van der Waals surface area contributed by atoms with Gasteiger partial charge in [0.2, 0.25) is 0 Å². The van der Waals surface area contributed by atoms with Crippen LogP contribution in [0.3, 0.4) is 0 Å². The topological polar surface area (TPSA) is 16.1 Å². The van der Waals surface area contributed by atoms with E-state index in [4.69, 9.17) is 0 Å². The number of hydrogen-bond donors (Lipinski definition) is 0. The molecule has 0 spiro atoms. The third-order valence-corrected chi connectivity index (χ3v) is 8.55. The van der Waals surface area contributed by atoms with Crippen molar-refractivity contribution in [2.24, 2.45) is 0 Å². The monoisotopic (exact) mass is 446 g/mol. The predicted molar refractivity (Wildman–Crippen MR) is 141 cm³/mol. The molecule has 2 aliphatic carbocycles. The van der Waals surface area contributed by atoms with Crippen LogP contribution in [-0.2, 0) is 25.7 Å². The van der Waals surface area contributed by atoms with Gasteiger partial charge in [0.1, 0.15) is 0 Å². The number of para-hydroxylation sites is 1. The summed E-state index contributed by atoms with van der Waals surface area (Å²) >= 11 is 0. The predicted octanol–water partition coefficient (Wildman–Crippen LogP) is 7.50. The molecule has 2 aliphatic heterocycles. The summed E-state index contributed by atoms with van der Waals surface area (Å²) in [7, 11) is 0. The summed E-state index contributed by atoms with van der Waals surface area (Å²) in [5, 5.41) is 0. The average Bonchev–Trinajstić information content (AvgIpc) is 3.42. The maximum Gasteiger partial charge on any atom is 0.0680 e. The SMILES string of the molecule is c1ccc2c(c1)Cc1cc3c(cc1-2)-c1cc2c(cc1C3)Cc1cccc3c1N2c1cnccc1C3. The van der Waals surface area contributed by atoms with Crippen LogP contribution < -0.4 is 4.90 Å². The van der Waals surface area contributed by atoms with Crippen LogP contribution in [0.2, 0.25) is 0 Å². The molecule has 9 rings (SSSR count). The molecule has 0 radical (unpaired) electrons. The van der Waals surface area contributed by atoms with Crippen molar-refractivity contribution in [1.82, 2.24) is 4.98 Å². The first-order valence-corrected chi connectivity index (χ1v) is 12.6. The zero-order valence-electron chi connectivity index (χ0n) is 19.3.